The van der Waals surface area contributed by atoms with Gasteiger partial charge in [-0.25, -0.2) is 0 Å². The van der Waals surface area contributed by atoms with E-state index in [4.69, 9.17) is 15.2 Å². The third-order valence-corrected chi connectivity index (χ3v) is 2.62. The maximum absolute atomic E-state index is 5.82. The van der Waals surface area contributed by atoms with Gasteiger partial charge in [-0.2, -0.15) is 0 Å². The number of ether oxygens (including phenoxy) is 2. The summed E-state index contributed by atoms with van der Waals surface area (Å²) in [5.74, 6) is 1.80. The Kier molecular flexibility index (Phi) is 4.62. The van der Waals surface area contributed by atoms with Crippen molar-refractivity contribution in [2.75, 3.05) is 14.2 Å². The Bertz CT molecular complexity index is 348. The van der Waals surface area contributed by atoms with Crippen molar-refractivity contribution in [1.29, 1.82) is 0 Å². The lowest BCUT2D eigenvalue weighted by molar-refractivity contribution is 0.382. The molecule has 2 N–H and O–H groups in total. The predicted octanol–water partition coefficient (Wildman–Crippen LogP) is 2.16. The third kappa shape index (κ3) is 2.67. The lowest BCUT2D eigenvalue weighted by atomic mass is 10.0. The average Bonchev–Trinajstić information content (AvgIpc) is 2.27. The van der Waals surface area contributed by atoms with Gasteiger partial charge < -0.3 is 15.2 Å². The lowest BCUT2D eigenvalue weighted by Crippen LogP contribution is -2.18. The topological polar surface area (TPSA) is 44.5 Å². The van der Waals surface area contributed by atoms with Gasteiger partial charge in [-0.05, 0) is 31.4 Å². The molecule has 1 aromatic carbocycles. The third-order valence-electron chi connectivity index (χ3n) is 2.62. The van der Waals surface area contributed by atoms with E-state index in [0.29, 0.717) is 0 Å². The first-order valence-corrected chi connectivity index (χ1v) is 5.62. The van der Waals surface area contributed by atoms with Crippen molar-refractivity contribution < 1.29 is 9.47 Å². The number of nitrogens with two attached hydrogens (primary N) is 1. The second-order valence-electron chi connectivity index (χ2n) is 3.97. The second kappa shape index (κ2) is 5.75. The van der Waals surface area contributed by atoms with Crippen molar-refractivity contribution in [3.05, 3.63) is 23.3 Å². The van der Waals surface area contributed by atoms with E-state index >= 15 is 0 Å². The number of benzene rings is 1. The van der Waals surface area contributed by atoms with Crippen LogP contribution in [0.4, 0.5) is 0 Å². The minimum absolute atomic E-state index is 0.131. The normalized spacial score (nSPS) is 12.3. The molecule has 0 bridgehead atoms. The molecular weight excluding hydrogens is 202 g/mol. The van der Waals surface area contributed by atoms with Gasteiger partial charge in [0, 0.05) is 11.6 Å². The van der Waals surface area contributed by atoms with E-state index in [1.807, 2.05) is 19.1 Å². The molecule has 0 aliphatic carbocycles. The molecule has 0 heterocycles. The van der Waals surface area contributed by atoms with Crippen LogP contribution in [0.25, 0.3) is 0 Å². The maximum Gasteiger partial charge on any atom is 0.128 e. The molecule has 3 heteroatoms. The summed E-state index contributed by atoms with van der Waals surface area (Å²) in [5, 5.41) is 0. The van der Waals surface area contributed by atoms with Crippen molar-refractivity contribution in [2.45, 2.75) is 32.7 Å². The highest BCUT2D eigenvalue weighted by Crippen LogP contribution is 2.33. The van der Waals surface area contributed by atoms with E-state index in [-0.39, 0.29) is 6.04 Å². The molecule has 1 aromatic rings. The Labute approximate surface area is 97.6 Å². The summed E-state index contributed by atoms with van der Waals surface area (Å²) in [5.41, 5.74) is 8.09. The Morgan fingerprint density at radius 1 is 1.25 bits per heavy atom. The van der Waals surface area contributed by atoms with Gasteiger partial charge >= 0.3 is 0 Å². The standard InChI is InChI=1S/C13H21NO2/c1-5-11-12(15-3)7-6-10(8-9(2)14)13(11)16-4/h6-7,9H,5,8,14H2,1-4H3. The van der Waals surface area contributed by atoms with Crippen LogP contribution in [0.2, 0.25) is 0 Å². The Balaban J connectivity index is 3.20. The Morgan fingerprint density at radius 2 is 1.94 bits per heavy atom. The molecule has 3 nitrogen and oxygen atoms in total. The van der Waals surface area contributed by atoms with Crippen LogP contribution in [0.15, 0.2) is 12.1 Å². The first-order valence-electron chi connectivity index (χ1n) is 5.62. The summed E-state index contributed by atoms with van der Waals surface area (Å²) < 4.78 is 10.8. The highest BCUT2D eigenvalue weighted by molar-refractivity contribution is 5.50. The molecule has 0 aliphatic heterocycles. The molecule has 1 atom stereocenters. The van der Waals surface area contributed by atoms with E-state index in [2.05, 4.69) is 6.92 Å². The van der Waals surface area contributed by atoms with E-state index in [0.717, 1.165) is 35.5 Å². The number of methoxy groups -OCH3 is 2. The van der Waals surface area contributed by atoms with Gasteiger partial charge in [0.15, 0.2) is 0 Å². The maximum atomic E-state index is 5.82. The summed E-state index contributed by atoms with van der Waals surface area (Å²) in [6.45, 7) is 4.09. The number of rotatable bonds is 5. The first-order chi connectivity index (χ1) is 7.63. The molecule has 0 saturated heterocycles. The zero-order chi connectivity index (χ0) is 12.1. The zero-order valence-electron chi connectivity index (χ0n) is 10.5. The molecule has 0 saturated carbocycles. The minimum atomic E-state index is 0.131. The van der Waals surface area contributed by atoms with Crippen molar-refractivity contribution in [2.24, 2.45) is 5.73 Å². The monoisotopic (exact) mass is 223 g/mol. The molecule has 1 rings (SSSR count). The SMILES string of the molecule is CCc1c(OC)ccc(CC(C)N)c1OC. The van der Waals surface area contributed by atoms with Gasteiger partial charge in [-0.1, -0.05) is 13.0 Å². The van der Waals surface area contributed by atoms with Crippen LogP contribution in [0.1, 0.15) is 25.0 Å². The molecule has 0 amide bonds. The van der Waals surface area contributed by atoms with Gasteiger partial charge in [0.05, 0.1) is 14.2 Å². The smallest absolute Gasteiger partial charge is 0.128 e. The summed E-state index contributed by atoms with van der Waals surface area (Å²) in [6, 6.07) is 4.14. The van der Waals surface area contributed by atoms with Crippen LogP contribution in [0, 0.1) is 0 Å². The average molecular weight is 223 g/mol. The fourth-order valence-electron chi connectivity index (χ4n) is 1.95. The van der Waals surface area contributed by atoms with E-state index in [1.54, 1.807) is 14.2 Å². The van der Waals surface area contributed by atoms with Crippen LogP contribution in [-0.4, -0.2) is 20.3 Å². The van der Waals surface area contributed by atoms with Crippen molar-refractivity contribution in [1.82, 2.24) is 0 Å². The van der Waals surface area contributed by atoms with Gasteiger partial charge in [0.1, 0.15) is 11.5 Å². The van der Waals surface area contributed by atoms with E-state index in [9.17, 15) is 0 Å². The van der Waals surface area contributed by atoms with Crippen LogP contribution >= 0.6 is 0 Å². The molecule has 0 fully saturated rings. The molecular formula is C13H21NO2. The quantitative estimate of drug-likeness (QED) is 0.832. The van der Waals surface area contributed by atoms with Gasteiger partial charge in [-0.15, -0.1) is 0 Å². The van der Waals surface area contributed by atoms with Gasteiger partial charge in [0.25, 0.3) is 0 Å². The fraction of sp³-hybridized carbons (Fsp3) is 0.538. The highest BCUT2D eigenvalue weighted by Gasteiger charge is 2.14. The zero-order valence-corrected chi connectivity index (χ0v) is 10.5. The van der Waals surface area contributed by atoms with Crippen LogP contribution in [0.5, 0.6) is 11.5 Å². The predicted molar refractivity (Wildman–Crippen MR) is 66.3 cm³/mol. The second-order valence-corrected chi connectivity index (χ2v) is 3.97. The molecule has 0 radical (unpaired) electrons. The highest BCUT2D eigenvalue weighted by atomic mass is 16.5. The molecule has 16 heavy (non-hydrogen) atoms. The Morgan fingerprint density at radius 3 is 2.38 bits per heavy atom. The molecule has 0 aliphatic rings. The molecule has 0 aromatic heterocycles. The van der Waals surface area contributed by atoms with Gasteiger partial charge in [0.2, 0.25) is 0 Å². The van der Waals surface area contributed by atoms with Crippen LogP contribution < -0.4 is 15.2 Å². The molecule has 1 unspecified atom stereocenters. The first kappa shape index (κ1) is 12.8. The number of hydrogen-bond acceptors (Lipinski definition) is 3. The van der Waals surface area contributed by atoms with Crippen molar-refractivity contribution in [3.63, 3.8) is 0 Å². The minimum Gasteiger partial charge on any atom is -0.496 e. The summed E-state index contributed by atoms with van der Waals surface area (Å²) in [6.07, 6.45) is 1.71. The van der Waals surface area contributed by atoms with Gasteiger partial charge in [-0.3, -0.25) is 0 Å². The molecule has 0 spiro atoms. The fourth-order valence-corrected chi connectivity index (χ4v) is 1.95. The lowest BCUT2D eigenvalue weighted by Gasteiger charge is -2.17. The van der Waals surface area contributed by atoms with E-state index in [1.165, 1.54) is 0 Å². The van der Waals surface area contributed by atoms with E-state index < -0.39 is 0 Å². The summed E-state index contributed by atoms with van der Waals surface area (Å²) in [4.78, 5) is 0. The summed E-state index contributed by atoms with van der Waals surface area (Å²) in [7, 11) is 3.37. The summed E-state index contributed by atoms with van der Waals surface area (Å²) >= 11 is 0. The van der Waals surface area contributed by atoms with Crippen LogP contribution in [-0.2, 0) is 12.8 Å². The number of hydrogen-bond donors (Lipinski definition) is 1. The van der Waals surface area contributed by atoms with Crippen molar-refractivity contribution >= 4 is 0 Å². The van der Waals surface area contributed by atoms with Crippen LogP contribution in [0.3, 0.4) is 0 Å². The largest absolute Gasteiger partial charge is 0.496 e. The molecule has 90 valence electrons. The van der Waals surface area contributed by atoms with Crippen molar-refractivity contribution in [3.8, 4) is 11.5 Å². The Hall–Kier alpha value is -1.22.